The summed E-state index contributed by atoms with van der Waals surface area (Å²) in [5.41, 5.74) is 2.35. The van der Waals surface area contributed by atoms with E-state index in [1.54, 1.807) is 30.3 Å². The molecule has 0 aliphatic heterocycles. The monoisotopic (exact) mass is 327 g/mol. The Morgan fingerprint density at radius 2 is 1.79 bits per heavy atom. The number of aliphatic hydroxyl groups excluding tert-OH is 2. The van der Waals surface area contributed by atoms with Crippen LogP contribution in [0.2, 0.25) is 0 Å². The fourth-order valence-corrected chi connectivity index (χ4v) is 2.13. The van der Waals surface area contributed by atoms with E-state index < -0.39 is 18.3 Å². The molecule has 0 bridgehead atoms. The van der Waals surface area contributed by atoms with Gasteiger partial charge in [-0.05, 0) is 16.7 Å². The lowest BCUT2D eigenvalue weighted by Crippen LogP contribution is -2.35. The number of amides is 1. The summed E-state index contributed by atoms with van der Waals surface area (Å²) in [6, 6.07) is 16.3. The quantitative estimate of drug-likeness (QED) is 0.730. The SMILES string of the molecule is C=Cc1ccc(C(O)C(O)CNC(=O)OCc2ccccc2)cc1. The number of ether oxygens (including phenoxy) is 1. The second kappa shape index (κ2) is 8.86. The zero-order valence-corrected chi connectivity index (χ0v) is 13.3. The number of nitrogens with one attached hydrogen (secondary N) is 1. The molecule has 0 spiro atoms. The second-order valence-electron chi connectivity index (χ2n) is 5.33. The van der Waals surface area contributed by atoms with Gasteiger partial charge in [-0.15, -0.1) is 0 Å². The molecule has 0 fully saturated rings. The van der Waals surface area contributed by atoms with E-state index in [4.69, 9.17) is 4.74 Å². The number of carbonyl (C=O) groups excluding carboxylic acids is 1. The van der Waals surface area contributed by atoms with Gasteiger partial charge in [0.05, 0.1) is 0 Å². The Labute approximate surface area is 141 Å². The number of rotatable bonds is 7. The molecule has 3 N–H and O–H groups in total. The maximum Gasteiger partial charge on any atom is 0.407 e. The predicted octanol–water partition coefficient (Wildman–Crippen LogP) is 2.65. The highest BCUT2D eigenvalue weighted by molar-refractivity contribution is 5.67. The van der Waals surface area contributed by atoms with E-state index in [9.17, 15) is 15.0 Å². The smallest absolute Gasteiger partial charge is 0.407 e. The van der Waals surface area contributed by atoms with Gasteiger partial charge in [0.1, 0.15) is 18.8 Å². The molecule has 0 aliphatic rings. The lowest BCUT2D eigenvalue weighted by Gasteiger charge is -2.18. The van der Waals surface area contributed by atoms with Crippen molar-refractivity contribution in [1.82, 2.24) is 5.32 Å². The Kier molecular flexibility index (Phi) is 6.54. The Balaban J connectivity index is 1.77. The zero-order chi connectivity index (χ0) is 17.4. The first-order valence-corrected chi connectivity index (χ1v) is 7.63. The Bertz CT molecular complexity index is 655. The molecule has 2 atom stereocenters. The van der Waals surface area contributed by atoms with Crippen molar-refractivity contribution in [2.45, 2.75) is 18.8 Å². The summed E-state index contributed by atoms with van der Waals surface area (Å²) >= 11 is 0. The van der Waals surface area contributed by atoms with Gasteiger partial charge < -0.3 is 20.3 Å². The van der Waals surface area contributed by atoms with Crippen LogP contribution in [0.5, 0.6) is 0 Å². The second-order valence-corrected chi connectivity index (χ2v) is 5.33. The summed E-state index contributed by atoms with van der Waals surface area (Å²) in [6.45, 7) is 3.69. The number of hydrogen-bond acceptors (Lipinski definition) is 4. The van der Waals surface area contributed by atoms with Crippen molar-refractivity contribution in [2.75, 3.05) is 6.54 Å². The van der Waals surface area contributed by atoms with Gasteiger partial charge >= 0.3 is 6.09 Å². The van der Waals surface area contributed by atoms with Crippen LogP contribution in [0.15, 0.2) is 61.2 Å². The van der Waals surface area contributed by atoms with Crippen molar-refractivity contribution in [3.63, 3.8) is 0 Å². The highest BCUT2D eigenvalue weighted by Crippen LogP contribution is 2.17. The average Bonchev–Trinajstić information content (AvgIpc) is 2.64. The molecular weight excluding hydrogens is 306 g/mol. The van der Waals surface area contributed by atoms with E-state index in [0.717, 1.165) is 11.1 Å². The van der Waals surface area contributed by atoms with Crippen molar-refractivity contribution in [2.24, 2.45) is 0 Å². The first kappa shape index (κ1) is 17.7. The van der Waals surface area contributed by atoms with Crippen LogP contribution in [0.25, 0.3) is 6.08 Å². The van der Waals surface area contributed by atoms with E-state index in [1.807, 2.05) is 30.3 Å². The van der Waals surface area contributed by atoms with Crippen LogP contribution in [0.3, 0.4) is 0 Å². The largest absolute Gasteiger partial charge is 0.445 e. The molecular formula is C19H21NO4. The number of aliphatic hydroxyl groups is 2. The Morgan fingerprint density at radius 3 is 2.42 bits per heavy atom. The molecule has 5 heteroatoms. The van der Waals surface area contributed by atoms with E-state index in [1.165, 1.54) is 0 Å². The van der Waals surface area contributed by atoms with Gasteiger partial charge in [0, 0.05) is 6.54 Å². The summed E-state index contributed by atoms with van der Waals surface area (Å²) in [5.74, 6) is 0. The molecule has 0 heterocycles. The standard InChI is InChI=1S/C19H21NO4/c1-2-14-8-10-16(11-9-14)18(22)17(21)12-20-19(23)24-13-15-6-4-3-5-7-15/h2-11,17-18,21-22H,1,12-13H2,(H,20,23). The predicted molar refractivity (Wildman–Crippen MR) is 92.1 cm³/mol. The van der Waals surface area contributed by atoms with Gasteiger partial charge in [0.15, 0.2) is 0 Å². The third-order valence-corrected chi connectivity index (χ3v) is 3.55. The number of hydrogen-bond donors (Lipinski definition) is 3. The van der Waals surface area contributed by atoms with E-state index in [0.29, 0.717) is 5.56 Å². The molecule has 2 aromatic carbocycles. The summed E-state index contributed by atoms with van der Waals surface area (Å²) < 4.78 is 5.04. The molecule has 2 rings (SSSR count). The maximum atomic E-state index is 11.6. The highest BCUT2D eigenvalue weighted by atomic mass is 16.5. The minimum atomic E-state index is -1.14. The average molecular weight is 327 g/mol. The van der Waals surface area contributed by atoms with E-state index >= 15 is 0 Å². The van der Waals surface area contributed by atoms with Gasteiger partial charge in [-0.3, -0.25) is 0 Å². The van der Waals surface area contributed by atoms with Crippen LogP contribution in [0, 0.1) is 0 Å². The molecule has 2 aromatic rings. The van der Waals surface area contributed by atoms with Crippen molar-refractivity contribution in [1.29, 1.82) is 0 Å². The number of carbonyl (C=O) groups is 1. The maximum absolute atomic E-state index is 11.6. The lowest BCUT2D eigenvalue weighted by atomic mass is 10.0. The van der Waals surface area contributed by atoms with Crippen LogP contribution >= 0.6 is 0 Å². The van der Waals surface area contributed by atoms with Crippen molar-refractivity contribution >= 4 is 12.2 Å². The first-order valence-electron chi connectivity index (χ1n) is 7.63. The molecule has 126 valence electrons. The van der Waals surface area contributed by atoms with Gasteiger partial charge in [-0.25, -0.2) is 4.79 Å². The summed E-state index contributed by atoms with van der Waals surface area (Å²) in [7, 11) is 0. The topological polar surface area (TPSA) is 78.8 Å². The third-order valence-electron chi connectivity index (χ3n) is 3.55. The van der Waals surface area contributed by atoms with E-state index in [2.05, 4.69) is 11.9 Å². The molecule has 0 saturated carbocycles. The Morgan fingerprint density at radius 1 is 1.12 bits per heavy atom. The van der Waals surface area contributed by atoms with Crippen LogP contribution in [0.1, 0.15) is 22.8 Å². The summed E-state index contributed by atoms with van der Waals surface area (Å²) in [4.78, 5) is 11.6. The van der Waals surface area contributed by atoms with Crippen LogP contribution < -0.4 is 5.32 Å². The normalized spacial score (nSPS) is 12.9. The highest BCUT2D eigenvalue weighted by Gasteiger charge is 2.19. The Hall–Kier alpha value is -2.63. The third kappa shape index (κ3) is 5.22. The zero-order valence-electron chi connectivity index (χ0n) is 13.3. The van der Waals surface area contributed by atoms with Crippen LogP contribution in [-0.4, -0.2) is 29.0 Å². The molecule has 0 aromatic heterocycles. The fourth-order valence-electron chi connectivity index (χ4n) is 2.13. The van der Waals surface area contributed by atoms with Gasteiger partial charge in [0.2, 0.25) is 0 Å². The minimum absolute atomic E-state index is 0.113. The van der Waals surface area contributed by atoms with Crippen molar-refractivity contribution in [3.8, 4) is 0 Å². The molecule has 0 radical (unpaired) electrons. The van der Waals surface area contributed by atoms with E-state index in [-0.39, 0.29) is 13.2 Å². The molecule has 5 nitrogen and oxygen atoms in total. The number of alkyl carbamates (subject to hydrolysis) is 1. The summed E-state index contributed by atoms with van der Waals surface area (Å²) in [5, 5.41) is 22.5. The minimum Gasteiger partial charge on any atom is -0.445 e. The van der Waals surface area contributed by atoms with Gasteiger partial charge in [-0.2, -0.15) is 0 Å². The summed E-state index contributed by atoms with van der Waals surface area (Å²) in [6.07, 6.45) is -1.19. The number of benzene rings is 2. The lowest BCUT2D eigenvalue weighted by molar-refractivity contribution is 0.0184. The van der Waals surface area contributed by atoms with Gasteiger partial charge in [-0.1, -0.05) is 67.3 Å². The first-order chi connectivity index (χ1) is 11.6. The molecule has 2 unspecified atom stereocenters. The van der Waals surface area contributed by atoms with Crippen molar-refractivity contribution in [3.05, 3.63) is 77.9 Å². The fraction of sp³-hybridized carbons (Fsp3) is 0.211. The molecule has 1 amide bonds. The molecule has 0 aliphatic carbocycles. The van der Waals surface area contributed by atoms with Crippen LogP contribution in [-0.2, 0) is 11.3 Å². The molecule has 0 saturated heterocycles. The van der Waals surface area contributed by atoms with Crippen molar-refractivity contribution < 1.29 is 19.7 Å². The molecule has 24 heavy (non-hydrogen) atoms. The van der Waals surface area contributed by atoms with Crippen LogP contribution in [0.4, 0.5) is 4.79 Å². The van der Waals surface area contributed by atoms with Gasteiger partial charge in [0.25, 0.3) is 0 Å².